The molecule has 1 aliphatic heterocycles. The summed E-state index contributed by atoms with van der Waals surface area (Å²) in [7, 11) is -3.45. The number of aryl methyl sites for hydroxylation is 1. The van der Waals surface area contributed by atoms with Crippen LogP contribution in [0.25, 0.3) is 0 Å². The van der Waals surface area contributed by atoms with Gasteiger partial charge >= 0.3 is 5.97 Å². The standard InChI is InChI=1S/C11H12O5S/c1-7-5-8(11(12)13)6-9-10(7)16-3-2-4-17(9,14)15/h5-6H,2-4H2,1H3,(H,12,13). The summed E-state index contributed by atoms with van der Waals surface area (Å²) in [6.07, 6.45) is 0.416. The van der Waals surface area contributed by atoms with E-state index in [0.717, 1.165) is 0 Å². The van der Waals surface area contributed by atoms with E-state index in [-0.39, 0.29) is 22.0 Å². The molecule has 17 heavy (non-hydrogen) atoms. The Morgan fingerprint density at radius 2 is 2.12 bits per heavy atom. The number of hydrogen-bond acceptors (Lipinski definition) is 4. The Bertz CT molecular complexity index is 574. The minimum Gasteiger partial charge on any atom is -0.492 e. The van der Waals surface area contributed by atoms with Gasteiger partial charge in [-0.15, -0.1) is 0 Å². The van der Waals surface area contributed by atoms with Crippen molar-refractivity contribution in [3.63, 3.8) is 0 Å². The van der Waals surface area contributed by atoms with Gasteiger partial charge in [0.1, 0.15) is 10.6 Å². The summed E-state index contributed by atoms with van der Waals surface area (Å²) in [6, 6.07) is 2.59. The molecule has 1 aliphatic rings. The van der Waals surface area contributed by atoms with E-state index in [9.17, 15) is 13.2 Å². The van der Waals surface area contributed by atoms with E-state index in [1.54, 1.807) is 6.92 Å². The summed E-state index contributed by atoms with van der Waals surface area (Å²) in [5, 5.41) is 8.92. The first-order valence-electron chi connectivity index (χ1n) is 5.15. The number of fused-ring (bicyclic) bond motifs is 1. The van der Waals surface area contributed by atoms with E-state index in [1.165, 1.54) is 12.1 Å². The maximum atomic E-state index is 11.9. The second kappa shape index (κ2) is 4.03. The van der Waals surface area contributed by atoms with Gasteiger partial charge in [-0.1, -0.05) is 0 Å². The van der Waals surface area contributed by atoms with Crippen molar-refractivity contribution in [2.45, 2.75) is 18.2 Å². The van der Waals surface area contributed by atoms with Crippen molar-refractivity contribution < 1.29 is 23.1 Å². The molecular formula is C11H12O5S. The molecule has 0 atom stereocenters. The van der Waals surface area contributed by atoms with Crippen LogP contribution in [0.1, 0.15) is 22.3 Å². The average molecular weight is 256 g/mol. The van der Waals surface area contributed by atoms with Crippen molar-refractivity contribution in [3.8, 4) is 5.75 Å². The summed E-state index contributed by atoms with van der Waals surface area (Å²) in [5.41, 5.74) is 0.501. The molecule has 1 N–H and O–H groups in total. The second-order valence-electron chi connectivity index (χ2n) is 3.95. The lowest BCUT2D eigenvalue weighted by Crippen LogP contribution is -2.07. The maximum absolute atomic E-state index is 11.9. The fraction of sp³-hybridized carbons (Fsp3) is 0.364. The lowest BCUT2D eigenvalue weighted by molar-refractivity contribution is 0.0696. The van der Waals surface area contributed by atoms with Crippen LogP contribution >= 0.6 is 0 Å². The third kappa shape index (κ3) is 2.12. The van der Waals surface area contributed by atoms with Gasteiger partial charge in [0.05, 0.1) is 17.9 Å². The number of hydrogen-bond donors (Lipinski definition) is 1. The minimum absolute atomic E-state index is 0.00704. The molecule has 0 aromatic heterocycles. The molecule has 0 saturated carbocycles. The van der Waals surface area contributed by atoms with Gasteiger partial charge in [0.2, 0.25) is 0 Å². The van der Waals surface area contributed by atoms with E-state index < -0.39 is 15.8 Å². The fourth-order valence-corrected chi connectivity index (χ4v) is 3.34. The topological polar surface area (TPSA) is 80.7 Å². The van der Waals surface area contributed by atoms with Gasteiger partial charge in [-0.3, -0.25) is 0 Å². The predicted molar refractivity (Wildman–Crippen MR) is 60.3 cm³/mol. The molecule has 0 unspecified atom stereocenters. The Kier molecular flexibility index (Phi) is 2.82. The van der Waals surface area contributed by atoms with E-state index in [0.29, 0.717) is 18.6 Å². The highest BCUT2D eigenvalue weighted by Crippen LogP contribution is 2.32. The van der Waals surface area contributed by atoms with Crippen molar-refractivity contribution in [2.75, 3.05) is 12.4 Å². The Morgan fingerprint density at radius 3 is 2.76 bits per heavy atom. The number of ether oxygens (including phenoxy) is 1. The lowest BCUT2D eigenvalue weighted by atomic mass is 10.1. The zero-order valence-corrected chi connectivity index (χ0v) is 10.1. The molecule has 1 heterocycles. The van der Waals surface area contributed by atoms with Gasteiger partial charge in [-0.05, 0) is 31.0 Å². The summed E-state index contributed by atoms with van der Waals surface area (Å²) in [5.74, 6) is -0.870. The van der Waals surface area contributed by atoms with Crippen molar-refractivity contribution in [3.05, 3.63) is 23.3 Å². The summed E-state index contributed by atoms with van der Waals surface area (Å²) in [6.45, 7) is 1.98. The number of rotatable bonds is 1. The molecule has 0 saturated heterocycles. The maximum Gasteiger partial charge on any atom is 0.335 e. The van der Waals surface area contributed by atoms with Gasteiger partial charge < -0.3 is 9.84 Å². The van der Waals surface area contributed by atoms with E-state index in [1.807, 2.05) is 0 Å². The van der Waals surface area contributed by atoms with Crippen molar-refractivity contribution >= 4 is 15.8 Å². The molecule has 0 spiro atoms. The van der Waals surface area contributed by atoms with Crippen LogP contribution in [0.2, 0.25) is 0 Å². The van der Waals surface area contributed by atoms with Gasteiger partial charge in [0.25, 0.3) is 0 Å². The molecule has 1 aromatic rings. The van der Waals surface area contributed by atoms with Crippen LogP contribution in [0.15, 0.2) is 17.0 Å². The van der Waals surface area contributed by atoms with Crippen LogP contribution in [0.4, 0.5) is 0 Å². The molecule has 0 fully saturated rings. The van der Waals surface area contributed by atoms with Crippen LogP contribution in [-0.2, 0) is 9.84 Å². The van der Waals surface area contributed by atoms with E-state index >= 15 is 0 Å². The first kappa shape index (κ1) is 11.9. The van der Waals surface area contributed by atoms with Crippen molar-refractivity contribution in [2.24, 2.45) is 0 Å². The predicted octanol–water partition coefficient (Wildman–Crippen LogP) is 1.25. The zero-order chi connectivity index (χ0) is 12.6. The van der Waals surface area contributed by atoms with Crippen LogP contribution in [-0.4, -0.2) is 31.9 Å². The van der Waals surface area contributed by atoms with Crippen molar-refractivity contribution in [1.82, 2.24) is 0 Å². The SMILES string of the molecule is Cc1cc(C(=O)O)cc2c1OCCCS2(=O)=O. The first-order valence-corrected chi connectivity index (χ1v) is 6.80. The molecule has 5 nitrogen and oxygen atoms in total. The third-order valence-electron chi connectivity index (χ3n) is 2.63. The molecule has 92 valence electrons. The number of carbonyl (C=O) groups is 1. The smallest absolute Gasteiger partial charge is 0.335 e. The molecule has 0 aliphatic carbocycles. The van der Waals surface area contributed by atoms with Gasteiger partial charge in [-0.25, -0.2) is 13.2 Å². The van der Waals surface area contributed by atoms with Gasteiger partial charge in [-0.2, -0.15) is 0 Å². The van der Waals surface area contributed by atoms with Crippen molar-refractivity contribution in [1.29, 1.82) is 0 Å². The van der Waals surface area contributed by atoms with Crippen LogP contribution in [0.3, 0.4) is 0 Å². The Hall–Kier alpha value is -1.56. The fourth-order valence-electron chi connectivity index (χ4n) is 1.81. The average Bonchev–Trinajstić information content (AvgIpc) is 2.38. The molecule has 0 bridgehead atoms. The molecule has 0 radical (unpaired) electrons. The Balaban J connectivity index is 2.72. The summed E-state index contributed by atoms with van der Waals surface area (Å²) >= 11 is 0. The third-order valence-corrected chi connectivity index (χ3v) is 4.43. The summed E-state index contributed by atoms with van der Waals surface area (Å²) in [4.78, 5) is 10.9. The lowest BCUT2D eigenvalue weighted by Gasteiger charge is -2.10. The largest absolute Gasteiger partial charge is 0.492 e. The molecule has 6 heteroatoms. The number of carboxylic acids is 1. The van der Waals surface area contributed by atoms with Crippen LogP contribution < -0.4 is 4.74 Å². The highest BCUT2D eigenvalue weighted by molar-refractivity contribution is 7.91. The highest BCUT2D eigenvalue weighted by atomic mass is 32.2. The van der Waals surface area contributed by atoms with Crippen LogP contribution in [0.5, 0.6) is 5.75 Å². The molecule has 2 rings (SSSR count). The normalized spacial score (nSPS) is 17.7. The Morgan fingerprint density at radius 1 is 1.41 bits per heavy atom. The molecule has 0 amide bonds. The second-order valence-corrected chi connectivity index (χ2v) is 6.02. The number of benzene rings is 1. The quantitative estimate of drug-likeness (QED) is 0.817. The van der Waals surface area contributed by atoms with Gasteiger partial charge in [0.15, 0.2) is 9.84 Å². The number of sulfone groups is 1. The van der Waals surface area contributed by atoms with E-state index in [2.05, 4.69) is 0 Å². The molecule has 1 aromatic carbocycles. The Labute approximate surface area is 98.9 Å². The molecular weight excluding hydrogens is 244 g/mol. The monoisotopic (exact) mass is 256 g/mol. The van der Waals surface area contributed by atoms with Gasteiger partial charge in [0, 0.05) is 0 Å². The summed E-state index contributed by atoms with van der Waals surface area (Å²) < 4.78 is 29.3. The first-order chi connectivity index (χ1) is 7.92. The number of aromatic carboxylic acids is 1. The minimum atomic E-state index is -3.45. The van der Waals surface area contributed by atoms with Crippen LogP contribution in [0, 0.1) is 6.92 Å². The van der Waals surface area contributed by atoms with E-state index in [4.69, 9.17) is 9.84 Å². The number of carboxylic acid groups (broad SMARTS) is 1. The highest BCUT2D eigenvalue weighted by Gasteiger charge is 2.26. The zero-order valence-electron chi connectivity index (χ0n) is 9.26.